The summed E-state index contributed by atoms with van der Waals surface area (Å²) in [6.07, 6.45) is 4.85. The first-order valence-electron chi connectivity index (χ1n) is 8.68. The molecule has 0 radical (unpaired) electrons. The van der Waals surface area contributed by atoms with Gasteiger partial charge in [-0.05, 0) is 43.0 Å². The monoisotopic (exact) mass is 360 g/mol. The predicted octanol–water partition coefficient (Wildman–Crippen LogP) is 2.98. The molecule has 1 fully saturated rings. The second kappa shape index (κ2) is 8.18. The average molecular weight is 360 g/mol. The van der Waals surface area contributed by atoms with Crippen molar-refractivity contribution in [2.75, 3.05) is 24.5 Å². The summed E-state index contributed by atoms with van der Waals surface area (Å²) in [7, 11) is 0. The number of nitrogens with zero attached hydrogens (tertiary/aromatic N) is 4. The van der Waals surface area contributed by atoms with E-state index in [9.17, 15) is 8.78 Å². The van der Waals surface area contributed by atoms with E-state index >= 15 is 0 Å². The molecule has 1 saturated heterocycles. The Balaban J connectivity index is 0.000000613. The Labute approximate surface area is 150 Å². The predicted molar refractivity (Wildman–Crippen MR) is 97.0 cm³/mol. The third-order valence-electron chi connectivity index (χ3n) is 4.41. The Morgan fingerprint density at radius 3 is 2.58 bits per heavy atom. The van der Waals surface area contributed by atoms with Crippen LogP contribution >= 0.6 is 0 Å². The molecule has 0 atom stereocenters. The molecule has 0 aliphatic carbocycles. The molecular formula is C18H22F2N6. The molecule has 1 aliphatic heterocycles. The molecule has 0 saturated carbocycles. The first-order chi connectivity index (χ1) is 12.6. The number of hydrogen-bond acceptors (Lipinski definition) is 5. The molecule has 26 heavy (non-hydrogen) atoms. The maximum absolute atomic E-state index is 13.4. The molecule has 6 nitrogen and oxygen atoms in total. The fourth-order valence-corrected chi connectivity index (χ4v) is 3.18. The number of hydrogen-bond donors (Lipinski definition) is 2. The maximum atomic E-state index is 13.4. The summed E-state index contributed by atoms with van der Waals surface area (Å²) in [6.45, 7) is 4.25. The zero-order valence-corrected chi connectivity index (χ0v) is 14.6. The number of nitrogens with two attached hydrogens (primary N) is 1. The minimum atomic E-state index is -0.797. The summed E-state index contributed by atoms with van der Waals surface area (Å²) in [6, 6.07) is 4.19. The van der Waals surface area contributed by atoms with E-state index in [1.54, 1.807) is 12.4 Å². The van der Waals surface area contributed by atoms with Gasteiger partial charge in [0.1, 0.15) is 11.8 Å². The SMILES string of the molecule is CCN.Fc1ccc(C2CCN(c3ncnc4nc[nH]c34)CC2)cc1F. The minimum absolute atomic E-state index is 0.237. The van der Waals surface area contributed by atoms with Crippen LogP contribution in [0.4, 0.5) is 14.6 Å². The first-order valence-corrected chi connectivity index (χ1v) is 8.68. The smallest absolute Gasteiger partial charge is 0.182 e. The van der Waals surface area contributed by atoms with Crippen molar-refractivity contribution in [2.24, 2.45) is 5.73 Å². The van der Waals surface area contributed by atoms with Crippen LogP contribution in [0.2, 0.25) is 0 Å². The average Bonchev–Trinajstić information content (AvgIpc) is 3.14. The Kier molecular flexibility index (Phi) is 5.72. The van der Waals surface area contributed by atoms with Crippen LogP contribution in [0.15, 0.2) is 30.9 Å². The van der Waals surface area contributed by atoms with Crippen LogP contribution in [0.25, 0.3) is 11.2 Å². The number of anilines is 1. The Bertz CT molecular complexity index is 858. The number of H-pyrrole nitrogens is 1. The van der Waals surface area contributed by atoms with Crippen molar-refractivity contribution < 1.29 is 8.78 Å². The standard InChI is InChI=1S/C16H15F2N5.C2H7N/c17-12-2-1-11(7-13(12)18)10-3-5-23(6-4-10)16-14-15(20-8-19-14)21-9-22-16;1-2-3/h1-2,7-10H,3-6H2,(H,19,20,21,22);2-3H2,1H3. The number of nitrogens with one attached hydrogen (secondary N) is 1. The van der Waals surface area contributed by atoms with Gasteiger partial charge < -0.3 is 15.6 Å². The first kappa shape index (κ1) is 18.2. The molecule has 2 aromatic heterocycles. The van der Waals surface area contributed by atoms with E-state index in [1.165, 1.54) is 18.5 Å². The van der Waals surface area contributed by atoms with Crippen LogP contribution in [0.3, 0.4) is 0 Å². The van der Waals surface area contributed by atoms with Gasteiger partial charge in [0.05, 0.1) is 6.33 Å². The van der Waals surface area contributed by atoms with Crippen LogP contribution < -0.4 is 10.6 Å². The number of aromatic nitrogens is 4. The lowest BCUT2D eigenvalue weighted by Gasteiger charge is -2.33. The molecule has 3 N–H and O–H groups in total. The van der Waals surface area contributed by atoms with E-state index in [-0.39, 0.29) is 5.92 Å². The highest BCUT2D eigenvalue weighted by Gasteiger charge is 2.24. The molecule has 1 aromatic carbocycles. The van der Waals surface area contributed by atoms with Crippen LogP contribution in [-0.4, -0.2) is 39.6 Å². The highest BCUT2D eigenvalue weighted by Crippen LogP contribution is 2.31. The van der Waals surface area contributed by atoms with Crippen molar-refractivity contribution >= 4 is 17.0 Å². The van der Waals surface area contributed by atoms with Crippen LogP contribution in [0, 0.1) is 11.6 Å². The molecule has 0 bridgehead atoms. The summed E-state index contributed by atoms with van der Waals surface area (Å²) >= 11 is 0. The highest BCUT2D eigenvalue weighted by molar-refractivity contribution is 5.82. The van der Waals surface area contributed by atoms with Crippen LogP contribution in [0.5, 0.6) is 0 Å². The van der Waals surface area contributed by atoms with E-state index in [0.29, 0.717) is 5.65 Å². The van der Waals surface area contributed by atoms with Gasteiger partial charge in [-0.1, -0.05) is 13.0 Å². The van der Waals surface area contributed by atoms with Crippen molar-refractivity contribution in [2.45, 2.75) is 25.7 Å². The van der Waals surface area contributed by atoms with Gasteiger partial charge in [-0.3, -0.25) is 0 Å². The molecular weight excluding hydrogens is 338 g/mol. The third kappa shape index (κ3) is 3.80. The number of aromatic amines is 1. The Hall–Kier alpha value is -2.61. The van der Waals surface area contributed by atoms with Gasteiger partial charge in [-0.25, -0.2) is 23.7 Å². The summed E-state index contributed by atoms with van der Waals surface area (Å²) in [4.78, 5) is 17.9. The topological polar surface area (TPSA) is 83.7 Å². The molecule has 138 valence electrons. The summed E-state index contributed by atoms with van der Waals surface area (Å²) in [5.74, 6) is -0.495. The molecule has 0 spiro atoms. The lowest BCUT2D eigenvalue weighted by molar-refractivity contribution is 0.484. The highest BCUT2D eigenvalue weighted by atomic mass is 19.2. The maximum Gasteiger partial charge on any atom is 0.182 e. The van der Waals surface area contributed by atoms with E-state index in [4.69, 9.17) is 5.73 Å². The minimum Gasteiger partial charge on any atom is -0.355 e. The van der Waals surface area contributed by atoms with Gasteiger partial charge in [0.2, 0.25) is 0 Å². The lowest BCUT2D eigenvalue weighted by Crippen LogP contribution is -2.33. The number of piperidine rings is 1. The van der Waals surface area contributed by atoms with Crippen molar-refractivity contribution in [3.63, 3.8) is 0 Å². The van der Waals surface area contributed by atoms with Crippen molar-refractivity contribution in [1.29, 1.82) is 0 Å². The molecule has 4 rings (SSSR count). The molecule has 3 heterocycles. The molecule has 8 heteroatoms. The van der Waals surface area contributed by atoms with E-state index in [1.807, 2.05) is 6.92 Å². The zero-order chi connectivity index (χ0) is 18.5. The largest absolute Gasteiger partial charge is 0.355 e. The number of rotatable bonds is 2. The number of fused-ring (bicyclic) bond motifs is 1. The van der Waals surface area contributed by atoms with Crippen molar-refractivity contribution in [3.8, 4) is 0 Å². The lowest BCUT2D eigenvalue weighted by atomic mass is 9.89. The van der Waals surface area contributed by atoms with E-state index in [0.717, 1.165) is 49.4 Å². The number of benzene rings is 1. The summed E-state index contributed by atoms with van der Waals surface area (Å²) in [5, 5.41) is 0. The summed E-state index contributed by atoms with van der Waals surface area (Å²) < 4.78 is 26.5. The molecule has 1 aliphatic rings. The second-order valence-corrected chi connectivity index (χ2v) is 6.14. The van der Waals surface area contributed by atoms with Crippen molar-refractivity contribution in [1.82, 2.24) is 19.9 Å². The van der Waals surface area contributed by atoms with Gasteiger partial charge in [-0.15, -0.1) is 0 Å². The van der Waals surface area contributed by atoms with Gasteiger partial charge in [0.25, 0.3) is 0 Å². The van der Waals surface area contributed by atoms with Crippen molar-refractivity contribution in [3.05, 3.63) is 48.1 Å². The van der Waals surface area contributed by atoms with Gasteiger partial charge in [0, 0.05) is 13.1 Å². The van der Waals surface area contributed by atoms with Gasteiger partial charge >= 0.3 is 0 Å². The van der Waals surface area contributed by atoms with Crippen LogP contribution in [0.1, 0.15) is 31.2 Å². The Morgan fingerprint density at radius 1 is 1.15 bits per heavy atom. The molecule has 3 aromatic rings. The third-order valence-corrected chi connectivity index (χ3v) is 4.41. The van der Waals surface area contributed by atoms with Crippen LogP contribution in [-0.2, 0) is 0 Å². The number of halogens is 2. The Morgan fingerprint density at radius 2 is 1.88 bits per heavy atom. The fourth-order valence-electron chi connectivity index (χ4n) is 3.18. The molecule has 0 unspecified atom stereocenters. The fraction of sp³-hybridized carbons (Fsp3) is 0.389. The van der Waals surface area contributed by atoms with Gasteiger partial charge in [-0.2, -0.15) is 0 Å². The normalized spacial score (nSPS) is 15.0. The second-order valence-electron chi connectivity index (χ2n) is 6.14. The van der Waals surface area contributed by atoms with Gasteiger partial charge in [0.15, 0.2) is 23.1 Å². The quantitative estimate of drug-likeness (QED) is 0.734. The van der Waals surface area contributed by atoms with E-state index < -0.39 is 11.6 Å². The number of imidazole rings is 1. The molecule has 0 amide bonds. The zero-order valence-electron chi connectivity index (χ0n) is 14.6. The van der Waals surface area contributed by atoms with E-state index in [2.05, 4.69) is 24.8 Å². The summed E-state index contributed by atoms with van der Waals surface area (Å²) in [5.41, 5.74) is 7.19.